The van der Waals surface area contributed by atoms with Gasteiger partial charge in [0.15, 0.2) is 0 Å². The van der Waals surface area contributed by atoms with E-state index in [0.717, 1.165) is 6.42 Å². The van der Waals surface area contributed by atoms with Crippen molar-refractivity contribution in [3.63, 3.8) is 0 Å². The Bertz CT molecular complexity index is 322. The molecule has 0 aromatic carbocycles. The molecule has 0 radical (unpaired) electrons. The molecule has 0 fully saturated rings. The summed E-state index contributed by atoms with van der Waals surface area (Å²) in [4.78, 5) is 11.1. The van der Waals surface area contributed by atoms with Crippen molar-refractivity contribution in [2.75, 3.05) is 20.3 Å². The minimum atomic E-state index is -0.348. The molecule has 6 heteroatoms. The molecule has 1 aromatic rings. The van der Waals surface area contributed by atoms with E-state index in [9.17, 15) is 4.79 Å². The number of rotatable bonds is 6. The molecule has 2 N–H and O–H groups in total. The number of ether oxygens (including phenoxy) is 1. The topological polar surface area (TPSA) is 75.9 Å². The SMILES string of the molecule is COCCCNC(=O)N/N=C/c1ccco1. The highest BCUT2D eigenvalue weighted by Crippen LogP contribution is 1.94. The van der Waals surface area contributed by atoms with E-state index in [1.807, 2.05) is 0 Å². The van der Waals surface area contributed by atoms with Crippen LogP contribution in [0.2, 0.25) is 0 Å². The van der Waals surface area contributed by atoms with Crippen molar-refractivity contribution in [3.8, 4) is 0 Å². The predicted octanol–water partition coefficient (Wildman–Crippen LogP) is 0.949. The third-order valence-corrected chi connectivity index (χ3v) is 1.71. The number of nitrogens with one attached hydrogen (secondary N) is 2. The number of furan rings is 1. The fraction of sp³-hybridized carbons (Fsp3) is 0.400. The zero-order valence-electron chi connectivity index (χ0n) is 9.10. The largest absolute Gasteiger partial charge is 0.463 e. The zero-order valence-corrected chi connectivity index (χ0v) is 9.10. The highest BCUT2D eigenvalue weighted by molar-refractivity contribution is 5.79. The van der Waals surface area contributed by atoms with Crippen LogP contribution in [0.5, 0.6) is 0 Å². The first-order valence-corrected chi connectivity index (χ1v) is 4.92. The van der Waals surface area contributed by atoms with E-state index in [0.29, 0.717) is 18.9 Å². The van der Waals surface area contributed by atoms with Gasteiger partial charge in [0.1, 0.15) is 5.76 Å². The van der Waals surface area contributed by atoms with Crippen LogP contribution in [0.3, 0.4) is 0 Å². The summed E-state index contributed by atoms with van der Waals surface area (Å²) in [7, 11) is 1.62. The number of methoxy groups -OCH3 is 1. The van der Waals surface area contributed by atoms with Gasteiger partial charge in [0.05, 0.1) is 12.5 Å². The monoisotopic (exact) mass is 225 g/mol. The fourth-order valence-corrected chi connectivity index (χ4v) is 0.977. The second-order valence-corrected chi connectivity index (χ2v) is 2.99. The van der Waals surface area contributed by atoms with Crippen molar-refractivity contribution in [2.45, 2.75) is 6.42 Å². The van der Waals surface area contributed by atoms with Crippen molar-refractivity contribution in [3.05, 3.63) is 24.2 Å². The highest BCUT2D eigenvalue weighted by Gasteiger charge is 1.96. The first-order valence-electron chi connectivity index (χ1n) is 4.92. The minimum Gasteiger partial charge on any atom is -0.463 e. The maximum atomic E-state index is 11.1. The van der Waals surface area contributed by atoms with E-state index in [1.165, 1.54) is 12.5 Å². The van der Waals surface area contributed by atoms with Crippen LogP contribution in [0, 0.1) is 0 Å². The molecule has 1 heterocycles. The lowest BCUT2D eigenvalue weighted by molar-refractivity contribution is 0.193. The number of hydrazone groups is 1. The van der Waals surface area contributed by atoms with Gasteiger partial charge >= 0.3 is 6.03 Å². The second kappa shape index (κ2) is 7.47. The fourth-order valence-electron chi connectivity index (χ4n) is 0.977. The van der Waals surface area contributed by atoms with E-state index in [-0.39, 0.29) is 6.03 Å². The van der Waals surface area contributed by atoms with Crippen LogP contribution >= 0.6 is 0 Å². The van der Waals surface area contributed by atoms with Crippen LogP contribution in [-0.4, -0.2) is 32.5 Å². The molecule has 16 heavy (non-hydrogen) atoms. The number of carbonyl (C=O) groups is 1. The van der Waals surface area contributed by atoms with Crippen LogP contribution in [0.15, 0.2) is 27.9 Å². The molecule has 0 unspecified atom stereocenters. The van der Waals surface area contributed by atoms with Crippen molar-refractivity contribution in [2.24, 2.45) is 5.10 Å². The van der Waals surface area contributed by atoms with E-state index in [4.69, 9.17) is 9.15 Å². The summed E-state index contributed by atoms with van der Waals surface area (Å²) in [5.41, 5.74) is 2.32. The normalized spacial score (nSPS) is 10.6. The predicted molar refractivity (Wildman–Crippen MR) is 59.3 cm³/mol. The highest BCUT2D eigenvalue weighted by atomic mass is 16.5. The Balaban J connectivity index is 2.10. The van der Waals surface area contributed by atoms with Gasteiger partial charge in [-0.25, -0.2) is 10.2 Å². The van der Waals surface area contributed by atoms with Gasteiger partial charge in [-0.3, -0.25) is 0 Å². The Morgan fingerprint density at radius 3 is 3.25 bits per heavy atom. The van der Waals surface area contributed by atoms with Gasteiger partial charge in [-0.2, -0.15) is 5.10 Å². The van der Waals surface area contributed by atoms with Crippen LogP contribution < -0.4 is 10.7 Å². The molecule has 0 bridgehead atoms. The summed E-state index contributed by atoms with van der Waals surface area (Å²) >= 11 is 0. The minimum absolute atomic E-state index is 0.348. The van der Waals surface area contributed by atoms with Gasteiger partial charge in [0, 0.05) is 20.3 Å². The Morgan fingerprint density at radius 2 is 2.56 bits per heavy atom. The lowest BCUT2D eigenvalue weighted by atomic mass is 10.4. The van der Waals surface area contributed by atoms with E-state index < -0.39 is 0 Å². The summed E-state index contributed by atoms with van der Waals surface area (Å²) in [5.74, 6) is 0.583. The van der Waals surface area contributed by atoms with Gasteiger partial charge in [-0.1, -0.05) is 0 Å². The summed E-state index contributed by atoms with van der Waals surface area (Å²) in [6, 6.07) is 3.13. The van der Waals surface area contributed by atoms with Gasteiger partial charge in [0.2, 0.25) is 0 Å². The van der Waals surface area contributed by atoms with Gasteiger partial charge in [0.25, 0.3) is 0 Å². The van der Waals surface area contributed by atoms with Crippen molar-refractivity contribution >= 4 is 12.2 Å². The van der Waals surface area contributed by atoms with Gasteiger partial charge in [-0.05, 0) is 18.6 Å². The average Bonchev–Trinajstić information content (AvgIpc) is 2.77. The standard InChI is InChI=1S/C10H15N3O3/c1-15-6-3-5-11-10(14)13-12-8-9-4-2-7-16-9/h2,4,7-8H,3,5-6H2,1H3,(H2,11,13,14)/b12-8+. The average molecular weight is 225 g/mol. The Kier molecular flexibility index (Phi) is 5.72. The Labute approximate surface area is 93.7 Å². The van der Waals surface area contributed by atoms with Gasteiger partial charge in [-0.15, -0.1) is 0 Å². The van der Waals surface area contributed by atoms with E-state index in [2.05, 4.69) is 15.8 Å². The summed E-state index contributed by atoms with van der Waals surface area (Å²) in [6.45, 7) is 1.17. The van der Waals surface area contributed by atoms with Crippen LogP contribution in [0.25, 0.3) is 0 Å². The smallest absolute Gasteiger partial charge is 0.335 e. The molecule has 0 aliphatic carbocycles. The first kappa shape index (κ1) is 12.3. The van der Waals surface area contributed by atoms with Crippen LogP contribution in [-0.2, 0) is 4.74 Å². The molecule has 2 amide bonds. The third kappa shape index (κ3) is 5.16. The Hall–Kier alpha value is -1.82. The summed E-state index contributed by atoms with van der Waals surface area (Å²) in [5, 5.41) is 6.32. The number of hydrogen-bond donors (Lipinski definition) is 2. The zero-order chi connectivity index (χ0) is 11.6. The molecule has 0 spiro atoms. The first-order chi connectivity index (χ1) is 7.83. The Morgan fingerprint density at radius 1 is 1.69 bits per heavy atom. The molecule has 88 valence electrons. The van der Waals surface area contributed by atoms with Crippen molar-refractivity contribution in [1.82, 2.24) is 10.7 Å². The molecule has 1 rings (SSSR count). The quantitative estimate of drug-likeness (QED) is 0.430. The van der Waals surface area contributed by atoms with Crippen molar-refractivity contribution in [1.29, 1.82) is 0 Å². The number of nitrogens with zero attached hydrogens (tertiary/aromatic N) is 1. The molecule has 0 aliphatic rings. The summed E-state index contributed by atoms with van der Waals surface area (Å²) in [6.07, 6.45) is 3.73. The maximum absolute atomic E-state index is 11.1. The second-order valence-electron chi connectivity index (χ2n) is 2.99. The van der Waals surface area contributed by atoms with E-state index in [1.54, 1.807) is 19.2 Å². The molecule has 6 nitrogen and oxygen atoms in total. The van der Waals surface area contributed by atoms with Crippen molar-refractivity contribution < 1.29 is 13.9 Å². The summed E-state index contributed by atoms with van der Waals surface area (Å²) < 4.78 is 9.83. The van der Waals surface area contributed by atoms with E-state index >= 15 is 0 Å². The maximum Gasteiger partial charge on any atom is 0.335 e. The molecular weight excluding hydrogens is 210 g/mol. The number of urea groups is 1. The van der Waals surface area contributed by atoms with Gasteiger partial charge < -0.3 is 14.5 Å². The third-order valence-electron chi connectivity index (χ3n) is 1.71. The number of amides is 2. The van der Waals surface area contributed by atoms with Crippen LogP contribution in [0.4, 0.5) is 4.79 Å². The molecule has 0 saturated carbocycles. The van der Waals surface area contributed by atoms with Crippen LogP contribution in [0.1, 0.15) is 12.2 Å². The molecule has 0 saturated heterocycles. The lowest BCUT2D eigenvalue weighted by Gasteiger charge is -2.02. The number of carbonyl (C=O) groups excluding carboxylic acids is 1. The molecular formula is C10H15N3O3. The molecule has 0 atom stereocenters. The molecule has 1 aromatic heterocycles. The molecule has 0 aliphatic heterocycles. The lowest BCUT2D eigenvalue weighted by Crippen LogP contribution is -2.33. The number of hydrogen-bond acceptors (Lipinski definition) is 4.